The molecular formula is C15H19BrN2O2. The maximum Gasteiger partial charge on any atom is 0.221 e. The van der Waals surface area contributed by atoms with Gasteiger partial charge in [-0.2, -0.15) is 0 Å². The van der Waals surface area contributed by atoms with E-state index >= 15 is 0 Å². The Hall–Kier alpha value is -1.20. The highest BCUT2D eigenvalue weighted by atomic mass is 79.9. The van der Waals surface area contributed by atoms with Crippen LogP contribution in [0.1, 0.15) is 30.1 Å². The summed E-state index contributed by atoms with van der Waals surface area (Å²) >= 11 is 3.37. The number of benzene rings is 1. The molecule has 108 valence electrons. The fourth-order valence-electron chi connectivity index (χ4n) is 2.57. The van der Waals surface area contributed by atoms with Crippen LogP contribution in [0.3, 0.4) is 0 Å². The van der Waals surface area contributed by atoms with Crippen LogP contribution >= 0.6 is 15.9 Å². The minimum Gasteiger partial charge on any atom is -0.369 e. The third-order valence-electron chi connectivity index (χ3n) is 3.91. The fraction of sp³-hybridized carbons (Fsp3) is 0.467. The van der Waals surface area contributed by atoms with Crippen molar-refractivity contribution in [2.75, 3.05) is 13.1 Å². The van der Waals surface area contributed by atoms with Gasteiger partial charge in [0.05, 0.1) is 12.5 Å². The van der Waals surface area contributed by atoms with E-state index in [1.807, 2.05) is 24.3 Å². The Balaban J connectivity index is 2.04. The molecule has 2 atom stereocenters. The van der Waals surface area contributed by atoms with Crippen molar-refractivity contribution in [1.82, 2.24) is 4.90 Å². The molecule has 1 aliphatic heterocycles. The van der Waals surface area contributed by atoms with Crippen molar-refractivity contribution >= 4 is 27.6 Å². The van der Waals surface area contributed by atoms with Crippen molar-refractivity contribution < 1.29 is 9.59 Å². The number of halogens is 1. The Morgan fingerprint density at radius 1 is 1.40 bits per heavy atom. The SMILES string of the molecule is CC1CCC(C(N)=O)CN1CC(=O)c1cccc(Br)c1. The number of Topliss-reactive ketones (excluding diaryl/α,β-unsaturated/α-hetero) is 1. The summed E-state index contributed by atoms with van der Waals surface area (Å²) < 4.78 is 0.894. The van der Waals surface area contributed by atoms with Crippen LogP contribution < -0.4 is 5.73 Å². The number of carbonyl (C=O) groups is 2. The molecule has 0 spiro atoms. The molecule has 0 bridgehead atoms. The molecule has 4 nitrogen and oxygen atoms in total. The molecule has 0 aromatic heterocycles. The van der Waals surface area contributed by atoms with Gasteiger partial charge in [0, 0.05) is 22.6 Å². The largest absolute Gasteiger partial charge is 0.369 e. The van der Waals surface area contributed by atoms with E-state index < -0.39 is 0 Å². The maximum absolute atomic E-state index is 12.3. The van der Waals surface area contributed by atoms with Crippen molar-refractivity contribution in [3.05, 3.63) is 34.3 Å². The van der Waals surface area contributed by atoms with Gasteiger partial charge in [0.1, 0.15) is 0 Å². The van der Waals surface area contributed by atoms with Crippen LogP contribution in [-0.4, -0.2) is 35.7 Å². The van der Waals surface area contributed by atoms with Crippen molar-refractivity contribution in [2.24, 2.45) is 11.7 Å². The van der Waals surface area contributed by atoms with Crippen molar-refractivity contribution in [3.63, 3.8) is 0 Å². The summed E-state index contributed by atoms with van der Waals surface area (Å²) in [6.07, 6.45) is 1.72. The average Bonchev–Trinajstić information content (AvgIpc) is 2.41. The van der Waals surface area contributed by atoms with Gasteiger partial charge in [0.25, 0.3) is 0 Å². The molecule has 1 amide bonds. The number of rotatable bonds is 4. The lowest BCUT2D eigenvalue weighted by molar-refractivity contribution is -0.123. The number of hydrogen-bond acceptors (Lipinski definition) is 3. The molecule has 1 saturated heterocycles. The Labute approximate surface area is 127 Å². The number of likely N-dealkylation sites (tertiary alicyclic amines) is 1. The quantitative estimate of drug-likeness (QED) is 0.856. The minimum absolute atomic E-state index is 0.0725. The zero-order valence-electron chi connectivity index (χ0n) is 11.5. The highest BCUT2D eigenvalue weighted by Gasteiger charge is 2.29. The van der Waals surface area contributed by atoms with Gasteiger partial charge >= 0.3 is 0 Å². The van der Waals surface area contributed by atoms with Crippen molar-refractivity contribution in [3.8, 4) is 0 Å². The van der Waals surface area contributed by atoms with Gasteiger partial charge in [-0.15, -0.1) is 0 Å². The Kier molecular flexibility index (Phi) is 4.94. The van der Waals surface area contributed by atoms with E-state index in [1.165, 1.54) is 0 Å². The Morgan fingerprint density at radius 2 is 2.15 bits per heavy atom. The van der Waals surface area contributed by atoms with Gasteiger partial charge in [-0.05, 0) is 31.9 Å². The van der Waals surface area contributed by atoms with Crippen molar-refractivity contribution in [2.45, 2.75) is 25.8 Å². The molecule has 1 fully saturated rings. The normalized spacial score (nSPS) is 23.5. The third kappa shape index (κ3) is 3.67. The van der Waals surface area contributed by atoms with Gasteiger partial charge in [-0.1, -0.05) is 28.1 Å². The molecule has 0 radical (unpaired) electrons. The molecule has 5 heteroatoms. The number of hydrogen-bond donors (Lipinski definition) is 1. The summed E-state index contributed by atoms with van der Waals surface area (Å²) in [5.41, 5.74) is 6.07. The molecule has 2 rings (SSSR count). The summed E-state index contributed by atoms with van der Waals surface area (Å²) in [6.45, 7) is 3.00. The number of amides is 1. The van der Waals surface area contributed by atoms with Crippen LogP contribution in [0, 0.1) is 5.92 Å². The summed E-state index contributed by atoms with van der Waals surface area (Å²) in [6, 6.07) is 7.68. The predicted molar refractivity (Wildman–Crippen MR) is 81.4 cm³/mol. The van der Waals surface area contributed by atoms with Gasteiger partial charge in [-0.3, -0.25) is 14.5 Å². The van der Waals surface area contributed by atoms with Gasteiger partial charge in [0.15, 0.2) is 5.78 Å². The van der Waals surface area contributed by atoms with E-state index in [4.69, 9.17) is 5.73 Å². The van der Waals surface area contributed by atoms with E-state index in [1.54, 1.807) is 0 Å². The number of ketones is 1. The van der Waals surface area contributed by atoms with Crippen molar-refractivity contribution in [1.29, 1.82) is 0 Å². The molecule has 1 heterocycles. The molecule has 1 aromatic carbocycles. The Bertz CT molecular complexity index is 518. The monoisotopic (exact) mass is 338 g/mol. The molecule has 1 aliphatic rings. The minimum atomic E-state index is -0.267. The van der Waals surface area contributed by atoms with Crippen LogP contribution in [0.4, 0.5) is 0 Å². The zero-order valence-corrected chi connectivity index (χ0v) is 13.1. The Morgan fingerprint density at radius 3 is 2.80 bits per heavy atom. The van der Waals surface area contributed by atoms with Crippen LogP contribution in [0.2, 0.25) is 0 Å². The number of nitrogens with zero attached hydrogens (tertiary/aromatic N) is 1. The number of carbonyl (C=O) groups excluding carboxylic acids is 2. The van der Waals surface area contributed by atoms with Crippen LogP contribution in [-0.2, 0) is 4.79 Å². The molecule has 2 N–H and O–H groups in total. The van der Waals surface area contributed by atoms with E-state index in [9.17, 15) is 9.59 Å². The lowest BCUT2D eigenvalue weighted by Gasteiger charge is -2.36. The summed E-state index contributed by atoms with van der Waals surface area (Å²) in [4.78, 5) is 25.7. The van der Waals surface area contributed by atoms with Gasteiger partial charge < -0.3 is 5.73 Å². The third-order valence-corrected chi connectivity index (χ3v) is 4.40. The van der Waals surface area contributed by atoms with Crippen LogP contribution in [0.5, 0.6) is 0 Å². The smallest absolute Gasteiger partial charge is 0.221 e. The zero-order chi connectivity index (χ0) is 14.7. The van der Waals surface area contributed by atoms with Crippen LogP contribution in [0.25, 0.3) is 0 Å². The molecule has 2 unspecified atom stereocenters. The molecular weight excluding hydrogens is 320 g/mol. The first kappa shape index (κ1) is 15.2. The molecule has 1 aromatic rings. The first-order valence-electron chi connectivity index (χ1n) is 6.79. The van der Waals surface area contributed by atoms with E-state index in [-0.39, 0.29) is 17.6 Å². The highest BCUT2D eigenvalue weighted by Crippen LogP contribution is 2.22. The second kappa shape index (κ2) is 6.50. The second-order valence-corrected chi connectivity index (χ2v) is 6.30. The topological polar surface area (TPSA) is 63.4 Å². The van der Waals surface area contributed by atoms with Gasteiger partial charge in [0.2, 0.25) is 5.91 Å². The second-order valence-electron chi connectivity index (χ2n) is 5.39. The summed E-state index contributed by atoms with van der Waals surface area (Å²) in [7, 11) is 0. The lowest BCUT2D eigenvalue weighted by atomic mass is 9.92. The summed E-state index contributed by atoms with van der Waals surface area (Å²) in [5, 5.41) is 0. The first-order chi connectivity index (χ1) is 9.47. The van der Waals surface area contributed by atoms with Crippen LogP contribution in [0.15, 0.2) is 28.7 Å². The van der Waals surface area contributed by atoms with Gasteiger partial charge in [-0.25, -0.2) is 0 Å². The number of piperidine rings is 1. The number of nitrogens with two attached hydrogens (primary N) is 1. The highest BCUT2D eigenvalue weighted by molar-refractivity contribution is 9.10. The fourth-order valence-corrected chi connectivity index (χ4v) is 2.97. The summed E-state index contributed by atoms with van der Waals surface area (Å²) in [5.74, 6) is -0.332. The van der Waals surface area contributed by atoms with E-state index in [2.05, 4.69) is 27.8 Å². The molecule has 0 saturated carbocycles. The number of primary amides is 1. The standard InChI is InChI=1S/C15H19BrN2O2/c1-10-5-6-12(15(17)20)8-18(10)9-14(19)11-3-2-4-13(16)7-11/h2-4,7,10,12H,5-6,8-9H2,1H3,(H2,17,20). The first-order valence-corrected chi connectivity index (χ1v) is 7.59. The maximum atomic E-state index is 12.3. The predicted octanol–water partition coefficient (Wildman–Crippen LogP) is 2.22. The molecule has 0 aliphatic carbocycles. The van der Waals surface area contributed by atoms with E-state index in [0.717, 1.165) is 17.3 Å². The van der Waals surface area contributed by atoms with E-state index in [0.29, 0.717) is 24.7 Å². The lowest BCUT2D eigenvalue weighted by Crippen LogP contribution is -2.47. The average molecular weight is 339 g/mol. The molecule has 20 heavy (non-hydrogen) atoms.